The summed E-state index contributed by atoms with van der Waals surface area (Å²) in [4.78, 5) is 13.1. The molecule has 0 aromatic heterocycles. The maximum atomic E-state index is 13.1. The third-order valence-electron chi connectivity index (χ3n) is 5.02. The minimum atomic E-state index is -3.73. The summed E-state index contributed by atoms with van der Waals surface area (Å²) in [6, 6.07) is 13.5. The molecule has 0 unspecified atom stereocenters. The molecule has 0 bridgehead atoms. The van der Waals surface area contributed by atoms with Crippen molar-refractivity contribution >= 4 is 37.5 Å². The van der Waals surface area contributed by atoms with Gasteiger partial charge in [-0.3, -0.25) is 4.79 Å². The molecule has 150 valence electrons. The van der Waals surface area contributed by atoms with Crippen LogP contribution in [0.4, 0.5) is 5.69 Å². The lowest BCUT2D eigenvalue weighted by Crippen LogP contribution is -2.49. The Morgan fingerprint density at radius 3 is 2.32 bits per heavy atom. The number of nitrogens with one attached hydrogen (secondary N) is 1. The molecule has 1 aliphatic heterocycles. The molecule has 2 aromatic carbocycles. The summed E-state index contributed by atoms with van der Waals surface area (Å²) in [5.74, 6) is 0.132. The number of hydrogen-bond donors (Lipinski definition) is 1. The van der Waals surface area contributed by atoms with Gasteiger partial charge in [-0.2, -0.15) is 4.31 Å². The average Bonchev–Trinajstić information content (AvgIpc) is 2.68. The normalized spacial score (nSPS) is 18.2. The molecule has 1 saturated heterocycles. The van der Waals surface area contributed by atoms with Crippen molar-refractivity contribution in [3.63, 3.8) is 0 Å². The summed E-state index contributed by atoms with van der Waals surface area (Å²) in [6.07, 6.45) is 2.10. The number of hydrogen-bond acceptors (Lipinski definition) is 3. The van der Waals surface area contributed by atoms with Crippen molar-refractivity contribution in [2.24, 2.45) is 0 Å². The Morgan fingerprint density at radius 2 is 1.71 bits per heavy atom. The van der Waals surface area contributed by atoms with Gasteiger partial charge in [0.25, 0.3) is 0 Å². The fraction of sp³-hybridized carbons (Fsp3) is 0.381. The maximum Gasteiger partial charge on any atom is 0.243 e. The number of piperidine rings is 1. The van der Waals surface area contributed by atoms with Gasteiger partial charge in [-0.1, -0.05) is 48.3 Å². The second-order valence-electron chi connectivity index (χ2n) is 7.35. The highest BCUT2D eigenvalue weighted by Crippen LogP contribution is 2.27. The Morgan fingerprint density at radius 1 is 1.07 bits per heavy atom. The van der Waals surface area contributed by atoms with Crippen LogP contribution in [0.5, 0.6) is 0 Å². The highest BCUT2D eigenvalue weighted by atomic mass is 79.9. The van der Waals surface area contributed by atoms with Gasteiger partial charge in [0.2, 0.25) is 15.9 Å². The van der Waals surface area contributed by atoms with Crippen molar-refractivity contribution in [2.45, 2.75) is 50.0 Å². The van der Waals surface area contributed by atoms with E-state index in [0.717, 1.165) is 17.3 Å². The van der Waals surface area contributed by atoms with E-state index in [9.17, 15) is 13.2 Å². The molecule has 1 heterocycles. The van der Waals surface area contributed by atoms with Crippen LogP contribution in [0.25, 0.3) is 0 Å². The summed E-state index contributed by atoms with van der Waals surface area (Å²) in [7, 11) is -3.73. The smallest absolute Gasteiger partial charge is 0.243 e. The van der Waals surface area contributed by atoms with Crippen LogP contribution in [0.2, 0.25) is 0 Å². The van der Waals surface area contributed by atoms with E-state index < -0.39 is 16.1 Å². The number of benzene rings is 2. The van der Waals surface area contributed by atoms with Gasteiger partial charge >= 0.3 is 0 Å². The Kier molecular flexibility index (Phi) is 6.58. The lowest BCUT2D eigenvalue weighted by Gasteiger charge is -2.33. The molecule has 1 atom stereocenters. The van der Waals surface area contributed by atoms with Crippen LogP contribution in [0, 0.1) is 0 Å². The SMILES string of the molecule is CC(C)c1ccc(NC(=O)[C@H]2CCCCN2S(=O)(=O)c2ccc(Br)cc2)cc1. The van der Waals surface area contributed by atoms with Crippen molar-refractivity contribution in [3.8, 4) is 0 Å². The molecule has 0 aliphatic carbocycles. The van der Waals surface area contributed by atoms with Gasteiger partial charge in [0.1, 0.15) is 6.04 Å². The molecule has 0 saturated carbocycles. The minimum absolute atomic E-state index is 0.205. The van der Waals surface area contributed by atoms with Crippen LogP contribution >= 0.6 is 15.9 Å². The number of anilines is 1. The fourth-order valence-corrected chi connectivity index (χ4v) is 5.29. The second-order valence-corrected chi connectivity index (χ2v) is 10.2. The van der Waals surface area contributed by atoms with Crippen LogP contribution in [0.15, 0.2) is 57.9 Å². The van der Waals surface area contributed by atoms with E-state index in [-0.39, 0.29) is 10.8 Å². The van der Waals surface area contributed by atoms with Crippen molar-refractivity contribution in [3.05, 3.63) is 58.6 Å². The summed E-state index contributed by atoms with van der Waals surface area (Å²) < 4.78 is 28.4. The topological polar surface area (TPSA) is 66.5 Å². The first-order valence-corrected chi connectivity index (χ1v) is 11.7. The first-order valence-electron chi connectivity index (χ1n) is 9.47. The second kappa shape index (κ2) is 8.76. The minimum Gasteiger partial charge on any atom is -0.325 e. The molecule has 2 aromatic rings. The summed E-state index contributed by atoms with van der Waals surface area (Å²) in [5, 5.41) is 2.89. The first kappa shape index (κ1) is 21.0. The van der Waals surface area contributed by atoms with Gasteiger partial charge in [-0.25, -0.2) is 8.42 Å². The lowest BCUT2D eigenvalue weighted by molar-refractivity contribution is -0.120. The van der Waals surface area contributed by atoms with E-state index in [0.29, 0.717) is 24.6 Å². The van der Waals surface area contributed by atoms with E-state index in [1.54, 1.807) is 24.3 Å². The highest BCUT2D eigenvalue weighted by Gasteiger charge is 2.37. The number of sulfonamides is 1. The fourth-order valence-electron chi connectivity index (χ4n) is 3.37. The van der Waals surface area contributed by atoms with E-state index in [4.69, 9.17) is 0 Å². The molecule has 1 aliphatic rings. The van der Waals surface area contributed by atoms with E-state index >= 15 is 0 Å². The quantitative estimate of drug-likeness (QED) is 0.693. The number of nitrogens with zero attached hydrogens (tertiary/aromatic N) is 1. The zero-order valence-corrected chi connectivity index (χ0v) is 18.5. The molecule has 28 heavy (non-hydrogen) atoms. The Balaban J connectivity index is 1.80. The van der Waals surface area contributed by atoms with Crippen molar-refractivity contribution in [1.29, 1.82) is 0 Å². The van der Waals surface area contributed by atoms with E-state index in [1.165, 1.54) is 9.87 Å². The van der Waals surface area contributed by atoms with Gasteiger partial charge in [-0.05, 0) is 60.7 Å². The number of carbonyl (C=O) groups excluding carboxylic acids is 1. The largest absolute Gasteiger partial charge is 0.325 e. The molecule has 1 N–H and O–H groups in total. The van der Waals surface area contributed by atoms with E-state index in [2.05, 4.69) is 35.1 Å². The predicted octanol–water partition coefficient (Wildman–Crippen LogP) is 4.75. The first-order chi connectivity index (χ1) is 13.3. The average molecular weight is 465 g/mol. The molecule has 5 nitrogen and oxygen atoms in total. The molecule has 3 rings (SSSR count). The molecular weight excluding hydrogens is 440 g/mol. The zero-order chi connectivity index (χ0) is 20.3. The van der Waals surface area contributed by atoms with Crippen LogP contribution in [-0.2, 0) is 14.8 Å². The van der Waals surface area contributed by atoms with Crippen LogP contribution in [0.3, 0.4) is 0 Å². The van der Waals surface area contributed by atoms with Gasteiger partial charge in [0.05, 0.1) is 4.90 Å². The van der Waals surface area contributed by atoms with Crippen LogP contribution in [0.1, 0.15) is 44.6 Å². The third-order valence-corrected chi connectivity index (χ3v) is 7.47. The van der Waals surface area contributed by atoms with Crippen LogP contribution in [-0.4, -0.2) is 31.2 Å². The Labute approximate surface area is 175 Å². The van der Waals surface area contributed by atoms with Gasteiger partial charge in [0.15, 0.2) is 0 Å². The number of halogens is 1. The van der Waals surface area contributed by atoms with Crippen molar-refractivity contribution < 1.29 is 13.2 Å². The van der Waals surface area contributed by atoms with Gasteiger partial charge in [-0.15, -0.1) is 0 Å². The Hall–Kier alpha value is -1.70. The Bertz CT molecular complexity index is 925. The summed E-state index contributed by atoms with van der Waals surface area (Å²) in [6.45, 7) is 4.57. The molecule has 0 spiro atoms. The number of carbonyl (C=O) groups is 1. The van der Waals surface area contributed by atoms with Crippen LogP contribution < -0.4 is 5.32 Å². The molecule has 7 heteroatoms. The standard InChI is InChI=1S/C21H25BrN2O3S/c1-15(2)16-6-10-18(11-7-16)23-21(25)20-5-3-4-14-24(20)28(26,27)19-12-8-17(22)9-13-19/h6-13,15,20H,3-5,14H2,1-2H3,(H,23,25)/t20-/m1/s1. The van der Waals surface area contributed by atoms with Crippen molar-refractivity contribution in [1.82, 2.24) is 4.31 Å². The number of amides is 1. The van der Waals surface area contributed by atoms with E-state index in [1.807, 2.05) is 24.3 Å². The van der Waals surface area contributed by atoms with Crippen molar-refractivity contribution in [2.75, 3.05) is 11.9 Å². The predicted molar refractivity (Wildman–Crippen MR) is 115 cm³/mol. The lowest BCUT2D eigenvalue weighted by atomic mass is 10.0. The highest BCUT2D eigenvalue weighted by molar-refractivity contribution is 9.10. The molecule has 1 amide bonds. The number of rotatable bonds is 5. The zero-order valence-electron chi connectivity index (χ0n) is 16.1. The van der Waals surface area contributed by atoms with Gasteiger partial charge < -0.3 is 5.32 Å². The monoisotopic (exact) mass is 464 g/mol. The van der Waals surface area contributed by atoms with Gasteiger partial charge in [0, 0.05) is 16.7 Å². The third kappa shape index (κ3) is 4.64. The summed E-state index contributed by atoms with van der Waals surface area (Å²) in [5.41, 5.74) is 1.87. The summed E-state index contributed by atoms with van der Waals surface area (Å²) >= 11 is 3.32. The molecule has 0 radical (unpaired) electrons. The molecular formula is C21H25BrN2O3S. The maximum absolute atomic E-state index is 13.1. The molecule has 1 fully saturated rings.